The third kappa shape index (κ3) is 3.24. The Bertz CT molecular complexity index is 1310. The quantitative estimate of drug-likeness (QED) is 0.429. The molecule has 0 aliphatic carbocycles. The van der Waals surface area contributed by atoms with E-state index in [1.165, 1.54) is 6.07 Å². The molecular weight excluding hydrogens is 407 g/mol. The zero-order valence-electron chi connectivity index (χ0n) is 16.3. The number of fused-ring (bicyclic) bond motifs is 2. The molecule has 1 aliphatic rings. The average Bonchev–Trinajstić information content (AvgIpc) is 3.38. The second-order valence-electron chi connectivity index (χ2n) is 7.47. The number of carbonyl (C=O) groups is 1. The van der Waals surface area contributed by atoms with Gasteiger partial charge < -0.3 is 9.42 Å². The molecule has 4 aromatic rings. The molecule has 0 radical (unpaired) electrons. The van der Waals surface area contributed by atoms with Crippen molar-refractivity contribution in [1.29, 1.82) is 0 Å². The summed E-state index contributed by atoms with van der Waals surface area (Å²) in [6.07, 6.45) is -4.72. The fourth-order valence-electron chi connectivity index (χ4n) is 4.01. The van der Waals surface area contributed by atoms with Crippen molar-refractivity contribution in [2.24, 2.45) is 0 Å². The Kier molecular flexibility index (Phi) is 4.32. The SMILES string of the molecule is C[C@@H](c1cccc2ccccc12)N1Cc2ccc(-c3noc(C(F)(F)F)n3)cc2C1=O. The number of carbonyl (C=O) groups excluding carboxylic acids is 1. The lowest BCUT2D eigenvalue weighted by molar-refractivity contribution is -0.159. The smallest absolute Gasteiger partial charge is 0.329 e. The molecular formula is C23H16F3N3O2. The third-order valence-electron chi connectivity index (χ3n) is 5.61. The van der Waals surface area contributed by atoms with Gasteiger partial charge in [-0.05, 0) is 34.9 Å². The molecule has 1 aromatic heterocycles. The molecule has 0 N–H and O–H groups in total. The largest absolute Gasteiger partial charge is 0.471 e. The van der Waals surface area contributed by atoms with Crippen LogP contribution in [0, 0.1) is 0 Å². The van der Waals surface area contributed by atoms with Crippen LogP contribution in [0.15, 0.2) is 65.2 Å². The van der Waals surface area contributed by atoms with E-state index in [0.29, 0.717) is 17.7 Å². The van der Waals surface area contributed by atoms with E-state index in [9.17, 15) is 18.0 Å². The van der Waals surface area contributed by atoms with Gasteiger partial charge in [0, 0.05) is 17.7 Å². The molecule has 0 spiro atoms. The summed E-state index contributed by atoms with van der Waals surface area (Å²) >= 11 is 0. The van der Waals surface area contributed by atoms with Gasteiger partial charge in [-0.2, -0.15) is 18.2 Å². The minimum absolute atomic E-state index is 0.183. The summed E-state index contributed by atoms with van der Waals surface area (Å²) in [5.41, 5.74) is 2.57. The van der Waals surface area contributed by atoms with Crippen LogP contribution in [0.1, 0.15) is 40.3 Å². The van der Waals surface area contributed by atoms with Gasteiger partial charge in [0.1, 0.15) is 0 Å². The maximum atomic E-state index is 13.2. The van der Waals surface area contributed by atoms with Gasteiger partial charge in [-0.15, -0.1) is 0 Å². The highest BCUT2D eigenvalue weighted by molar-refractivity contribution is 6.00. The fourth-order valence-corrected chi connectivity index (χ4v) is 4.01. The highest BCUT2D eigenvalue weighted by Gasteiger charge is 2.39. The van der Waals surface area contributed by atoms with Crippen molar-refractivity contribution in [1.82, 2.24) is 15.0 Å². The predicted octanol–water partition coefficient (Wildman–Crippen LogP) is 5.63. The topological polar surface area (TPSA) is 59.2 Å². The minimum atomic E-state index is -4.72. The van der Waals surface area contributed by atoms with Crippen LogP contribution in [0.25, 0.3) is 22.2 Å². The first-order chi connectivity index (χ1) is 14.8. The summed E-state index contributed by atoms with van der Waals surface area (Å²) in [7, 11) is 0. The molecule has 0 saturated heterocycles. The number of rotatable bonds is 3. The first-order valence-corrected chi connectivity index (χ1v) is 9.66. The minimum Gasteiger partial charge on any atom is -0.329 e. The number of benzene rings is 3. The maximum absolute atomic E-state index is 13.2. The molecule has 5 nitrogen and oxygen atoms in total. The first-order valence-electron chi connectivity index (χ1n) is 9.66. The van der Waals surface area contributed by atoms with Gasteiger partial charge in [0.05, 0.1) is 6.04 Å². The Balaban J connectivity index is 1.47. The van der Waals surface area contributed by atoms with Crippen LogP contribution >= 0.6 is 0 Å². The van der Waals surface area contributed by atoms with Crippen molar-refractivity contribution in [3.8, 4) is 11.4 Å². The Morgan fingerprint density at radius 3 is 2.61 bits per heavy atom. The van der Waals surface area contributed by atoms with E-state index in [0.717, 1.165) is 21.9 Å². The van der Waals surface area contributed by atoms with Crippen LogP contribution in [0.4, 0.5) is 13.2 Å². The molecule has 156 valence electrons. The summed E-state index contributed by atoms with van der Waals surface area (Å²) in [6, 6.07) is 18.7. The van der Waals surface area contributed by atoms with E-state index in [4.69, 9.17) is 0 Å². The van der Waals surface area contributed by atoms with E-state index in [1.54, 1.807) is 17.0 Å². The number of hydrogen-bond donors (Lipinski definition) is 0. The molecule has 3 aromatic carbocycles. The Labute approximate surface area is 175 Å². The molecule has 1 amide bonds. The standard InChI is InChI=1S/C23H16F3N3O2/c1-13(17-8-4-6-14-5-2-3-7-18(14)17)29-12-16-10-9-15(11-19(16)21(29)30)20-27-22(31-28-20)23(24,25)26/h2-11,13H,12H2,1H3/t13-/m0/s1. The predicted molar refractivity (Wildman–Crippen MR) is 107 cm³/mol. The van der Waals surface area contributed by atoms with E-state index < -0.39 is 12.1 Å². The van der Waals surface area contributed by atoms with Crippen LogP contribution in [0.3, 0.4) is 0 Å². The van der Waals surface area contributed by atoms with Crippen LogP contribution in [0.5, 0.6) is 0 Å². The summed E-state index contributed by atoms with van der Waals surface area (Å²) in [6.45, 7) is 2.39. The van der Waals surface area contributed by atoms with Crippen LogP contribution in [-0.4, -0.2) is 20.9 Å². The van der Waals surface area contributed by atoms with Crippen LogP contribution in [-0.2, 0) is 12.7 Å². The van der Waals surface area contributed by atoms with Crippen molar-refractivity contribution in [2.75, 3.05) is 0 Å². The Hall–Kier alpha value is -3.68. The summed E-state index contributed by atoms with van der Waals surface area (Å²) < 4.78 is 42.6. The number of halogens is 3. The molecule has 5 rings (SSSR count). The van der Waals surface area contributed by atoms with Crippen molar-refractivity contribution in [2.45, 2.75) is 25.7 Å². The third-order valence-corrected chi connectivity index (χ3v) is 5.61. The van der Waals surface area contributed by atoms with Crippen molar-refractivity contribution in [3.05, 3.63) is 83.2 Å². The molecule has 1 aliphatic heterocycles. The molecule has 1 atom stereocenters. The summed E-state index contributed by atoms with van der Waals surface area (Å²) in [5, 5.41) is 5.58. The second-order valence-corrected chi connectivity index (χ2v) is 7.47. The van der Waals surface area contributed by atoms with Crippen molar-refractivity contribution < 1.29 is 22.5 Å². The highest BCUT2D eigenvalue weighted by atomic mass is 19.4. The maximum Gasteiger partial charge on any atom is 0.471 e. The number of amides is 1. The van der Waals surface area contributed by atoms with Gasteiger partial charge >= 0.3 is 12.1 Å². The monoisotopic (exact) mass is 423 g/mol. The molecule has 0 saturated carbocycles. The average molecular weight is 423 g/mol. The van der Waals surface area contributed by atoms with Gasteiger partial charge in [0.25, 0.3) is 5.91 Å². The number of hydrogen-bond acceptors (Lipinski definition) is 4. The second kappa shape index (κ2) is 6.94. The Morgan fingerprint density at radius 1 is 1.06 bits per heavy atom. The van der Waals surface area contributed by atoms with E-state index in [2.05, 4.69) is 14.7 Å². The normalized spacial score (nSPS) is 14.8. The molecule has 31 heavy (non-hydrogen) atoms. The lowest BCUT2D eigenvalue weighted by Crippen LogP contribution is -2.27. The van der Waals surface area contributed by atoms with Gasteiger partial charge in [0.2, 0.25) is 5.82 Å². The van der Waals surface area contributed by atoms with Crippen LogP contribution < -0.4 is 0 Å². The lowest BCUT2D eigenvalue weighted by Gasteiger charge is -2.26. The van der Waals surface area contributed by atoms with Gasteiger partial charge in [-0.25, -0.2) is 0 Å². The Morgan fingerprint density at radius 2 is 1.84 bits per heavy atom. The van der Waals surface area contributed by atoms with Gasteiger partial charge in [-0.3, -0.25) is 4.79 Å². The van der Waals surface area contributed by atoms with Crippen molar-refractivity contribution >= 4 is 16.7 Å². The molecule has 8 heteroatoms. The number of aromatic nitrogens is 2. The number of nitrogens with zero attached hydrogens (tertiary/aromatic N) is 3. The summed E-state index contributed by atoms with van der Waals surface area (Å²) in [4.78, 5) is 18.3. The van der Waals surface area contributed by atoms with Crippen molar-refractivity contribution in [3.63, 3.8) is 0 Å². The molecule has 0 fully saturated rings. The zero-order chi connectivity index (χ0) is 21.8. The van der Waals surface area contributed by atoms with E-state index in [1.807, 2.05) is 49.4 Å². The fraction of sp³-hybridized carbons (Fsp3) is 0.174. The number of alkyl halides is 3. The lowest BCUT2D eigenvalue weighted by atomic mass is 9.99. The highest BCUT2D eigenvalue weighted by Crippen LogP contribution is 2.36. The van der Waals surface area contributed by atoms with Gasteiger partial charge in [-0.1, -0.05) is 59.8 Å². The molecule has 0 unspecified atom stereocenters. The summed E-state index contributed by atoms with van der Waals surface area (Å²) in [5.74, 6) is -1.80. The van der Waals surface area contributed by atoms with Gasteiger partial charge in [0.15, 0.2) is 0 Å². The molecule has 2 heterocycles. The van der Waals surface area contributed by atoms with E-state index >= 15 is 0 Å². The zero-order valence-corrected chi connectivity index (χ0v) is 16.3. The molecule has 0 bridgehead atoms. The van der Waals surface area contributed by atoms with Crippen LogP contribution in [0.2, 0.25) is 0 Å². The first kappa shape index (κ1) is 19.3. The van der Waals surface area contributed by atoms with E-state index in [-0.39, 0.29) is 17.8 Å².